The van der Waals surface area contributed by atoms with E-state index in [4.69, 9.17) is 4.98 Å². The summed E-state index contributed by atoms with van der Waals surface area (Å²) in [5, 5.41) is 14.4. The fourth-order valence-electron chi connectivity index (χ4n) is 3.70. The number of pyridine rings is 1. The monoisotopic (exact) mass is 327 g/mol. The van der Waals surface area contributed by atoms with E-state index in [1.165, 1.54) is 25.9 Å². The molecule has 0 unspecified atom stereocenters. The van der Waals surface area contributed by atoms with Crippen LogP contribution in [0.2, 0.25) is 0 Å². The van der Waals surface area contributed by atoms with Gasteiger partial charge in [-0.25, -0.2) is 0 Å². The predicted octanol–water partition coefficient (Wildman–Crippen LogP) is 3.32. The molecule has 130 valence electrons. The van der Waals surface area contributed by atoms with Crippen molar-refractivity contribution in [1.82, 2.24) is 4.98 Å². The van der Waals surface area contributed by atoms with Crippen molar-refractivity contribution < 1.29 is 10.4 Å². The zero-order valence-corrected chi connectivity index (χ0v) is 15.3. The van der Waals surface area contributed by atoms with E-state index in [1.807, 2.05) is 12.1 Å². The maximum Gasteiger partial charge on any atom is 0.0797 e. The molecule has 1 atom stereocenters. The van der Waals surface area contributed by atoms with Gasteiger partial charge in [0, 0.05) is 16.5 Å². The number of aliphatic hydroxyl groups is 1. The highest BCUT2D eigenvalue weighted by atomic mass is 16.3. The van der Waals surface area contributed by atoms with E-state index < -0.39 is 6.10 Å². The fourth-order valence-corrected chi connectivity index (χ4v) is 3.70. The Kier molecular flexibility index (Phi) is 5.21. The number of aliphatic hydroxyl groups excluding tert-OH is 1. The summed E-state index contributed by atoms with van der Waals surface area (Å²) in [6.45, 7) is 9.02. The molecule has 3 rings (SSSR count). The van der Waals surface area contributed by atoms with E-state index >= 15 is 0 Å². The molecule has 24 heavy (non-hydrogen) atoms. The van der Waals surface area contributed by atoms with Gasteiger partial charge in [0.05, 0.1) is 24.7 Å². The van der Waals surface area contributed by atoms with Crippen molar-refractivity contribution in [1.29, 1.82) is 0 Å². The lowest BCUT2D eigenvalue weighted by atomic mass is 9.87. The molecule has 3 heteroatoms. The van der Waals surface area contributed by atoms with Gasteiger partial charge < -0.3 is 10.4 Å². The molecule has 0 aliphatic carbocycles. The van der Waals surface area contributed by atoms with E-state index in [9.17, 15) is 5.11 Å². The molecule has 1 aliphatic heterocycles. The molecule has 3 nitrogen and oxygen atoms in total. The van der Waals surface area contributed by atoms with E-state index in [0.717, 1.165) is 40.9 Å². The molecule has 0 amide bonds. The molecule has 1 aromatic heterocycles. The summed E-state index contributed by atoms with van der Waals surface area (Å²) in [5.41, 5.74) is 3.08. The first kappa shape index (κ1) is 17.4. The van der Waals surface area contributed by atoms with Gasteiger partial charge in [-0.15, -0.1) is 0 Å². The van der Waals surface area contributed by atoms with Gasteiger partial charge >= 0.3 is 0 Å². The minimum absolute atomic E-state index is 0.0162. The summed E-state index contributed by atoms with van der Waals surface area (Å²) in [7, 11) is 0. The third-order valence-electron chi connectivity index (χ3n) is 5.28. The van der Waals surface area contributed by atoms with Crippen LogP contribution in [-0.4, -0.2) is 23.2 Å². The molecule has 1 fully saturated rings. The summed E-state index contributed by atoms with van der Waals surface area (Å²) in [6.07, 6.45) is 4.15. The third kappa shape index (κ3) is 3.96. The van der Waals surface area contributed by atoms with Crippen LogP contribution in [0.15, 0.2) is 30.3 Å². The van der Waals surface area contributed by atoms with Crippen LogP contribution in [0.25, 0.3) is 10.9 Å². The number of hydrogen-bond acceptors (Lipinski definition) is 2. The van der Waals surface area contributed by atoms with Gasteiger partial charge in [-0.3, -0.25) is 4.98 Å². The van der Waals surface area contributed by atoms with Crippen molar-refractivity contribution in [3.63, 3.8) is 0 Å². The second kappa shape index (κ2) is 7.20. The largest absolute Gasteiger partial charge is 0.388 e. The molecule has 0 radical (unpaired) electrons. The van der Waals surface area contributed by atoms with Crippen LogP contribution < -0.4 is 5.32 Å². The summed E-state index contributed by atoms with van der Waals surface area (Å²) >= 11 is 0. The lowest BCUT2D eigenvalue weighted by Crippen LogP contribution is -2.86. The Morgan fingerprint density at radius 1 is 1.21 bits per heavy atom. The van der Waals surface area contributed by atoms with Gasteiger partial charge in [-0.05, 0) is 49.3 Å². The van der Waals surface area contributed by atoms with Crippen molar-refractivity contribution in [2.75, 3.05) is 13.1 Å². The van der Waals surface area contributed by atoms with Gasteiger partial charge in [-0.1, -0.05) is 39.0 Å². The highest BCUT2D eigenvalue weighted by Gasteiger charge is 2.22. The Bertz CT molecular complexity index is 684. The van der Waals surface area contributed by atoms with Crippen LogP contribution in [0.1, 0.15) is 63.8 Å². The van der Waals surface area contributed by atoms with Gasteiger partial charge in [0.2, 0.25) is 0 Å². The average Bonchev–Trinajstić information content (AvgIpc) is 2.59. The van der Waals surface area contributed by atoms with Gasteiger partial charge in [0.15, 0.2) is 0 Å². The van der Waals surface area contributed by atoms with Crippen LogP contribution in [0, 0.1) is 5.92 Å². The second-order valence-electron chi connectivity index (χ2n) is 8.27. The molecule has 0 bridgehead atoms. The molecule has 1 aliphatic rings. The number of hydrogen-bond donors (Lipinski definition) is 2. The van der Waals surface area contributed by atoms with Gasteiger partial charge in [-0.2, -0.15) is 0 Å². The fraction of sp³-hybridized carbons (Fsp3) is 0.571. The molecular formula is C21H31N2O+. The van der Waals surface area contributed by atoms with Crippen molar-refractivity contribution in [2.45, 2.75) is 58.0 Å². The quantitative estimate of drug-likeness (QED) is 0.905. The Hall–Kier alpha value is -1.45. The average molecular weight is 327 g/mol. The van der Waals surface area contributed by atoms with Crippen LogP contribution in [0.5, 0.6) is 0 Å². The topological polar surface area (TPSA) is 49.7 Å². The Labute approximate surface area is 145 Å². The van der Waals surface area contributed by atoms with Gasteiger partial charge in [0.1, 0.15) is 0 Å². The highest BCUT2D eigenvalue weighted by Crippen LogP contribution is 2.32. The Morgan fingerprint density at radius 3 is 2.62 bits per heavy atom. The van der Waals surface area contributed by atoms with E-state index in [0.29, 0.717) is 0 Å². The molecule has 1 saturated heterocycles. The molecule has 0 spiro atoms. The van der Waals surface area contributed by atoms with Gasteiger partial charge in [0.25, 0.3) is 0 Å². The number of nitrogens with zero attached hydrogens (tertiary/aromatic N) is 1. The molecular weight excluding hydrogens is 296 g/mol. The molecule has 3 N–H and O–H groups in total. The first-order chi connectivity index (χ1) is 11.4. The smallest absolute Gasteiger partial charge is 0.0797 e. The van der Waals surface area contributed by atoms with Crippen LogP contribution in [-0.2, 0) is 5.41 Å². The highest BCUT2D eigenvalue weighted by molar-refractivity contribution is 5.82. The maximum absolute atomic E-state index is 10.9. The number of fused-ring (bicyclic) bond motifs is 1. The lowest BCUT2D eigenvalue weighted by Gasteiger charge is -2.24. The standard InChI is InChI=1S/C21H30N2O/c1-21(2,3)20-14-17(16-6-4-5-7-18(16)23-20)19(24)9-8-15-10-12-22-13-11-15/h4-7,14-15,19,22,24H,8-13H2,1-3H3/p+1/t19-/m1/s1. The van der Waals surface area contributed by atoms with Crippen LogP contribution >= 0.6 is 0 Å². The summed E-state index contributed by atoms with van der Waals surface area (Å²) in [4.78, 5) is 4.82. The number of nitrogens with two attached hydrogens (primary N) is 1. The summed E-state index contributed by atoms with van der Waals surface area (Å²) in [6, 6.07) is 10.3. The number of para-hydroxylation sites is 1. The minimum Gasteiger partial charge on any atom is -0.388 e. The predicted molar refractivity (Wildman–Crippen MR) is 99.0 cm³/mol. The summed E-state index contributed by atoms with van der Waals surface area (Å²) in [5.74, 6) is 0.778. The number of rotatable bonds is 4. The van der Waals surface area contributed by atoms with Crippen molar-refractivity contribution in [2.24, 2.45) is 5.92 Å². The van der Waals surface area contributed by atoms with Crippen molar-refractivity contribution in [3.8, 4) is 0 Å². The van der Waals surface area contributed by atoms with E-state index in [2.05, 4.69) is 44.3 Å². The molecule has 2 aromatic rings. The van der Waals surface area contributed by atoms with Crippen LogP contribution in [0.3, 0.4) is 0 Å². The Morgan fingerprint density at radius 2 is 1.92 bits per heavy atom. The normalized spacial score (nSPS) is 18.0. The second-order valence-corrected chi connectivity index (χ2v) is 8.27. The SMILES string of the molecule is CC(C)(C)c1cc([C@H](O)CCC2CC[NH2+]CC2)c2ccccc2n1. The molecule has 2 heterocycles. The number of aromatic nitrogens is 1. The zero-order chi connectivity index (χ0) is 17.2. The van der Waals surface area contributed by atoms with E-state index in [-0.39, 0.29) is 5.41 Å². The molecule has 1 aromatic carbocycles. The lowest BCUT2D eigenvalue weighted by molar-refractivity contribution is -0.664. The maximum atomic E-state index is 10.9. The van der Waals surface area contributed by atoms with Crippen molar-refractivity contribution in [3.05, 3.63) is 41.6 Å². The number of piperidine rings is 1. The first-order valence-electron chi connectivity index (χ1n) is 9.35. The number of quaternary nitrogens is 1. The summed E-state index contributed by atoms with van der Waals surface area (Å²) < 4.78 is 0. The molecule has 0 saturated carbocycles. The van der Waals surface area contributed by atoms with Crippen molar-refractivity contribution >= 4 is 10.9 Å². The third-order valence-corrected chi connectivity index (χ3v) is 5.28. The number of benzene rings is 1. The first-order valence-corrected chi connectivity index (χ1v) is 9.35. The van der Waals surface area contributed by atoms with Crippen LogP contribution in [0.4, 0.5) is 0 Å². The van der Waals surface area contributed by atoms with E-state index in [1.54, 1.807) is 0 Å². The zero-order valence-electron chi connectivity index (χ0n) is 15.3. The minimum atomic E-state index is -0.398. The Balaban J connectivity index is 1.85.